The molecule has 0 unspecified atom stereocenters. The zero-order chi connectivity index (χ0) is 11.1. The first-order chi connectivity index (χ1) is 7.74. The maximum absolute atomic E-state index is 4.20. The lowest BCUT2D eigenvalue weighted by Crippen LogP contribution is -1.92. The van der Waals surface area contributed by atoms with Crippen LogP contribution in [0.25, 0.3) is 16.9 Å². The molecule has 3 aromatic heterocycles. The van der Waals surface area contributed by atoms with Crippen LogP contribution in [0.3, 0.4) is 0 Å². The second-order valence-electron chi connectivity index (χ2n) is 3.34. The molecular formula is C9H7BrN6. The third kappa shape index (κ3) is 1.40. The smallest absolute Gasteiger partial charge is 0.206 e. The van der Waals surface area contributed by atoms with Crippen LogP contribution < -0.4 is 0 Å². The summed E-state index contributed by atoms with van der Waals surface area (Å²) < 4.78 is 2.74. The molecule has 0 aliphatic heterocycles. The van der Waals surface area contributed by atoms with E-state index in [-0.39, 0.29) is 0 Å². The van der Waals surface area contributed by atoms with E-state index < -0.39 is 0 Å². The van der Waals surface area contributed by atoms with Crippen molar-refractivity contribution in [3.05, 3.63) is 29.0 Å². The van der Waals surface area contributed by atoms with E-state index in [1.165, 1.54) is 4.80 Å². The zero-order valence-electron chi connectivity index (χ0n) is 8.37. The number of aryl methyl sites for hydroxylation is 1. The Bertz CT molecular complexity index is 655. The van der Waals surface area contributed by atoms with Crippen molar-refractivity contribution in [3.63, 3.8) is 0 Å². The van der Waals surface area contributed by atoms with Gasteiger partial charge < -0.3 is 0 Å². The van der Waals surface area contributed by atoms with E-state index in [2.05, 4.69) is 36.4 Å². The van der Waals surface area contributed by atoms with Crippen molar-refractivity contribution in [3.8, 4) is 11.4 Å². The van der Waals surface area contributed by atoms with Crippen LogP contribution in [0.15, 0.2) is 29.0 Å². The summed E-state index contributed by atoms with van der Waals surface area (Å²) in [4.78, 5) is 1.43. The van der Waals surface area contributed by atoms with Gasteiger partial charge in [-0.3, -0.25) is 0 Å². The molecule has 3 aromatic rings. The monoisotopic (exact) mass is 278 g/mol. The number of hydrogen-bond acceptors (Lipinski definition) is 4. The fourth-order valence-electron chi connectivity index (χ4n) is 1.48. The fraction of sp³-hybridized carbons (Fsp3) is 0.111. The normalized spacial score (nSPS) is 11.1. The Morgan fingerprint density at radius 2 is 2.19 bits per heavy atom. The minimum absolute atomic E-state index is 0.594. The Kier molecular flexibility index (Phi) is 2.00. The first kappa shape index (κ1) is 9.46. The van der Waals surface area contributed by atoms with Gasteiger partial charge in [-0.15, -0.1) is 10.2 Å². The first-order valence-corrected chi connectivity index (χ1v) is 5.40. The third-order valence-corrected chi connectivity index (χ3v) is 2.85. The average molecular weight is 279 g/mol. The predicted octanol–water partition coefficient (Wildman–Crippen LogP) is 1.29. The van der Waals surface area contributed by atoms with Crippen molar-refractivity contribution in [2.75, 3.05) is 0 Å². The molecule has 0 saturated heterocycles. The van der Waals surface area contributed by atoms with Gasteiger partial charge in [0.1, 0.15) is 0 Å². The number of fused-ring (bicyclic) bond motifs is 1. The summed E-state index contributed by atoms with van der Waals surface area (Å²) in [5, 5.41) is 16.1. The second-order valence-corrected chi connectivity index (χ2v) is 4.20. The zero-order valence-corrected chi connectivity index (χ0v) is 9.96. The van der Waals surface area contributed by atoms with Crippen LogP contribution >= 0.6 is 15.9 Å². The molecule has 3 heterocycles. The molecule has 3 rings (SSSR count). The molecule has 0 fully saturated rings. The van der Waals surface area contributed by atoms with E-state index in [0.29, 0.717) is 5.82 Å². The molecule has 0 radical (unpaired) electrons. The van der Waals surface area contributed by atoms with Gasteiger partial charge in [0.15, 0.2) is 0 Å². The predicted molar refractivity (Wildman–Crippen MR) is 60.7 cm³/mol. The van der Waals surface area contributed by atoms with Crippen molar-refractivity contribution >= 4 is 21.4 Å². The molecule has 80 valence electrons. The molecule has 0 bridgehead atoms. The number of pyridine rings is 1. The van der Waals surface area contributed by atoms with E-state index in [1.807, 2.05) is 18.3 Å². The van der Waals surface area contributed by atoms with E-state index >= 15 is 0 Å². The minimum Gasteiger partial charge on any atom is -0.239 e. The van der Waals surface area contributed by atoms with Gasteiger partial charge in [0.2, 0.25) is 5.82 Å². The number of nitrogens with zero attached hydrogens (tertiary/aromatic N) is 6. The molecule has 0 atom stereocenters. The SMILES string of the molecule is Cn1nnc(-c2ccc3c(Br)cnn3c2)n1. The highest BCUT2D eigenvalue weighted by molar-refractivity contribution is 9.10. The summed E-state index contributed by atoms with van der Waals surface area (Å²) in [6.07, 6.45) is 3.63. The standard InChI is InChI=1S/C9H7BrN6/c1-15-13-9(12-14-15)6-2-3-8-7(10)4-11-16(8)5-6/h2-5H,1H3. The van der Waals surface area contributed by atoms with Crippen molar-refractivity contribution in [1.29, 1.82) is 0 Å². The first-order valence-electron chi connectivity index (χ1n) is 4.61. The van der Waals surface area contributed by atoms with E-state index in [9.17, 15) is 0 Å². The molecule has 0 N–H and O–H groups in total. The molecule has 0 aromatic carbocycles. The number of hydrogen-bond donors (Lipinski definition) is 0. The van der Waals surface area contributed by atoms with Crippen molar-refractivity contribution in [2.45, 2.75) is 0 Å². The number of tetrazole rings is 1. The fourth-order valence-corrected chi connectivity index (χ4v) is 1.89. The Balaban J connectivity index is 2.18. The van der Waals surface area contributed by atoms with Crippen LogP contribution in [-0.2, 0) is 7.05 Å². The molecule has 0 aliphatic rings. The summed E-state index contributed by atoms with van der Waals surface area (Å²) >= 11 is 3.42. The van der Waals surface area contributed by atoms with Gasteiger partial charge in [-0.2, -0.15) is 9.90 Å². The van der Waals surface area contributed by atoms with E-state index in [1.54, 1.807) is 17.8 Å². The Morgan fingerprint density at radius 3 is 2.94 bits per heavy atom. The average Bonchev–Trinajstić information content (AvgIpc) is 2.86. The number of halogens is 1. The highest BCUT2D eigenvalue weighted by atomic mass is 79.9. The van der Waals surface area contributed by atoms with Crippen LogP contribution in [0.5, 0.6) is 0 Å². The van der Waals surface area contributed by atoms with Crippen LogP contribution in [-0.4, -0.2) is 29.8 Å². The molecule has 7 heteroatoms. The maximum atomic E-state index is 4.20. The minimum atomic E-state index is 0.594. The lowest BCUT2D eigenvalue weighted by Gasteiger charge is -1.96. The highest BCUT2D eigenvalue weighted by Gasteiger charge is 2.07. The van der Waals surface area contributed by atoms with Gasteiger partial charge in [0.25, 0.3) is 0 Å². The molecule has 0 aliphatic carbocycles. The van der Waals surface area contributed by atoms with Crippen molar-refractivity contribution < 1.29 is 0 Å². The van der Waals surface area contributed by atoms with Crippen LogP contribution in [0, 0.1) is 0 Å². The molecule has 0 spiro atoms. The van der Waals surface area contributed by atoms with Crippen molar-refractivity contribution in [2.24, 2.45) is 7.05 Å². The summed E-state index contributed by atoms with van der Waals surface area (Å²) in [6.45, 7) is 0. The molecular weight excluding hydrogens is 272 g/mol. The van der Waals surface area contributed by atoms with Gasteiger partial charge in [-0.25, -0.2) is 4.52 Å². The molecule has 0 saturated carbocycles. The molecule has 6 nitrogen and oxygen atoms in total. The topological polar surface area (TPSA) is 60.9 Å². The lowest BCUT2D eigenvalue weighted by molar-refractivity contribution is 0.630. The summed E-state index contributed by atoms with van der Waals surface area (Å²) in [7, 11) is 1.74. The number of aromatic nitrogens is 6. The van der Waals surface area contributed by atoms with E-state index in [0.717, 1.165) is 15.6 Å². The van der Waals surface area contributed by atoms with Gasteiger partial charge in [0.05, 0.1) is 23.2 Å². The molecule has 16 heavy (non-hydrogen) atoms. The Morgan fingerprint density at radius 1 is 1.31 bits per heavy atom. The Labute approximate surface area is 99.0 Å². The summed E-state index contributed by atoms with van der Waals surface area (Å²) in [6, 6.07) is 3.90. The van der Waals surface area contributed by atoms with Crippen LogP contribution in [0.4, 0.5) is 0 Å². The van der Waals surface area contributed by atoms with Gasteiger partial charge in [0, 0.05) is 11.8 Å². The van der Waals surface area contributed by atoms with E-state index in [4.69, 9.17) is 0 Å². The second kappa shape index (κ2) is 3.38. The third-order valence-electron chi connectivity index (χ3n) is 2.24. The van der Waals surface area contributed by atoms with Gasteiger partial charge in [-0.05, 0) is 33.3 Å². The highest BCUT2D eigenvalue weighted by Crippen LogP contribution is 2.20. The van der Waals surface area contributed by atoms with Gasteiger partial charge in [-0.1, -0.05) is 0 Å². The number of rotatable bonds is 1. The summed E-state index contributed by atoms with van der Waals surface area (Å²) in [5.74, 6) is 0.594. The quantitative estimate of drug-likeness (QED) is 0.673. The largest absolute Gasteiger partial charge is 0.239 e. The lowest BCUT2D eigenvalue weighted by atomic mass is 10.2. The van der Waals surface area contributed by atoms with Crippen LogP contribution in [0.2, 0.25) is 0 Å². The van der Waals surface area contributed by atoms with Gasteiger partial charge >= 0.3 is 0 Å². The Hall–Kier alpha value is -1.76. The molecule has 0 amide bonds. The van der Waals surface area contributed by atoms with Crippen LogP contribution in [0.1, 0.15) is 0 Å². The summed E-state index contributed by atoms with van der Waals surface area (Å²) in [5.41, 5.74) is 1.89. The maximum Gasteiger partial charge on any atom is 0.206 e. The van der Waals surface area contributed by atoms with Crippen molar-refractivity contribution in [1.82, 2.24) is 29.8 Å².